The fraction of sp³-hybridized carbons (Fsp3) is 0.143. The van der Waals surface area contributed by atoms with Gasteiger partial charge in [0.25, 0.3) is 0 Å². The van der Waals surface area contributed by atoms with Gasteiger partial charge in [0.1, 0.15) is 11.5 Å². The van der Waals surface area contributed by atoms with Gasteiger partial charge in [-0.15, -0.1) is 11.6 Å². The highest BCUT2D eigenvalue weighted by atomic mass is 79.9. The lowest BCUT2D eigenvalue weighted by molar-refractivity contribution is 0.480. The summed E-state index contributed by atoms with van der Waals surface area (Å²) < 4.78 is 29.5. The third kappa shape index (κ3) is 3.75. The fourth-order valence-electron chi connectivity index (χ4n) is 1.60. The standard InChI is InChI=1S/C14H12BrClO3S/c1-20(17,18)13-4-2-3-11(7-13)19-12-6-5-10(9-16)14(15)8-12/h2-8H,9H2,1H3. The molecule has 0 heterocycles. The molecule has 2 aromatic carbocycles. The van der Waals surface area contributed by atoms with E-state index in [1.165, 1.54) is 12.1 Å². The van der Waals surface area contributed by atoms with Crippen LogP contribution in [0.4, 0.5) is 0 Å². The van der Waals surface area contributed by atoms with E-state index in [1.54, 1.807) is 24.3 Å². The van der Waals surface area contributed by atoms with E-state index in [9.17, 15) is 8.42 Å². The summed E-state index contributed by atoms with van der Waals surface area (Å²) >= 11 is 9.18. The summed E-state index contributed by atoms with van der Waals surface area (Å²) in [4.78, 5) is 0.228. The Labute approximate surface area is 131 Å². The summed E-state index contributed by atoms with van der Waals surface area (Å²) in [6, 6.07) is 11.8. The molecule has 0 aliphatic heterocycles. The Kier molecular flexibility index (Phi) is 4.73. The molecule has 0 bridgehead atoms. The molecule has 0 amide bonds. The molecule has 0 spiro atoms. The van der Waals surface area contributed by atoms with E-state index in [-0.39, 0.29) is 4.90 Å². The second-order valence-corrected chi connectivity index (χ2v) is 7.37. The van der Waals surface area contributed by atoms with Crippen molar-refractivity contribution in [3.8, 4) is 11.5 Å². The summed E-state index contributed by atoms with van der Waals surface area (Å²) in [6.07, 6.45) is 1.16. The van der Waals surface area contributed by atoms with Crippen LogP contribution < -0.4 is 4.74 Å². The van der Waals surface area contributed by atoms with Gasteiger partial charge < -0.3 is 4.74 Å². The van der Waals surface area contributed by atoms with Crippen molar-refractivity contribution in [2.75, 3.05) is 6.26 Å². The van der Waals surface area contributed by atoms with E-state index in [0.717, 1.165) is 16.3 Å². The van der Waals surface area contributed by atoms with Gasteiger partial charge >= 0.3 is 0 Å². The molecule has 0 aliphatic rings. The highest BCUT2D eigenvalue weighted by Gasteiger charge is 2.09. The monoisotopic (exact) mass is 374 g/mol. The zero-order valence-electron chi connectivity index (χ0n) is 10.6. The Balaban J connectivity index is 2.29. The molecule has 3 nitrogen and oxygen atoms in total. The highest BCUT2D eigenvalue weighted by Crippen LogP contribution is 2.28. The van der Waals surface area contributed by atoms with Crippen molar-refractivity contribution in [3.63, 3.8) is 0 Å². The zero-order valence-corrected chi connectivity index (χ0v) is 13.8. The topological polar surface area (TPSA) is 43.4 Å². The van der Waals surface area contributed by atoms with Crippen LogP contribution in [0.15, 0.2) is 51.8 Å². The van der Waals surface area contributed by atoms with Crippen LogP contribution in [0.1, 0.15) is 5.56 Å². The molecule has 0 atom stereocenters. The van der Waals surface area contributed by atoms with Crippen LogP contribution in [0.25, 0.3) is 0 Å². The maximum absolute atomic E-state index is 11.5. The van der Waals surface area contributed by atoms with Crippen molar-refractivity contribution < 1.29 is 13.2 Å². The molecule has 20 heavy (non-hydrogen) atoms. The Bertz CT molecular complexity index is 729. The Morgan fingerprint density at radius 3 is 2.45 bits per heavy atom. The second-order valence-electron chi connectivity index (χ2n) is 4.24. The maximum Gasteiger partial charge on any atom is 0.175 e. The average Bonchev–Trinajstić information content (AvgIpc) is 2.38. The molecule has 0 aliphatic carbocycles. The van der Waals surface area contributed by atoms with E-state index < -0.39 is 9.84 Å². The Hall–Kier alpha value is -1.04. The average molecular weight is 376 g/mol. The van der Waals surface area contributed by atoms with Crippen molar-refractivity contribution in [1.29, 1.82) is 0 Å². The molecule has 2 rings (SSSR count). The number of sulfone groups is 1. The van der Waals surface area contributed by atoms with E-state index in [1.807, 2.05) is 6.07 Å². The fourth-order valence-corrected chi connectivity index (χ4v) is 3.15. The van der Waals surface area contributed by atoms with Crippen LogP contribution in [-0.2, 0) is 15.7 Å². The number of benzene rings is 2. The van der Waals surface area contributed by atoms with Gasteiger partial charge in [-0.3, -0.25) is 0 Å². The normalized spacial score (nSPS) is 11.3. The molecule has 0 radical (unpaired) electrons. The summed E-state index contributed by atoms with van der Waals surface area (Å²) in [5, 5.41) is 0. The van der Waals surface area contributed by atoms with Crippen molar-refractivity contribution in [3.05, 3.63) is 52.5 Å². The zero-order chi connectivity index (χ0) is 14.8. The van der Waals surface area contributed by atoms with E-state index in [4.69, 9.17) is 16.3 Å². The van der Waals surface area contributed by atoms with Gasteiger partial charge in [-0.2, -0.15) is 0 Å². The van der Waals surface area contributed by atoms with Gasteiger partial charge in [-0.05, 0) is 35.9 Å². The molecular formula is C14H12BrClO3S. The highest BCUT2D eigenvalue weighted by molar-refractivity contribution is 9.10. The minimum Gasteiger partial charge on any atom is -0.457 e. The smallest absolute Gasteiger partial charge is 0.175 e. The first kappa shape index (κ1) is 15.4. The van der Waals surface area contributed by atoms with Crippen molar-refractivity contribution >= 4 is 37.4 Å². The van der Waals surface area contributed by atoms with Crippen molar-refractivity contribution in [2.45, 2.75) is 10.8 Å². The minimum atomic E-state index is -3.24. The first-order valence-electron chi connectivity index (χ1n) is 5.72. The number of rotatable bonds is 4. The third-order valence-electron chi connectivity index (χ3n) is 2.64. The van der Waals surface area contributed by atoms with Crippen molar-refractivity contribution in [2.24, 2.45) is 0 Å². The van der Waals surface area contributed by atoms with Gasteiger partial charge in [0, 0.05) is 16.6 Å². The molecule has 0 saturated heterocycles. The minimum absolute atomic E-state index is 0.228. The summed E-state index contributed by atoms with van der Waals surface area (Å²) in [7, 11) is -3.24. The quantitative estimate of drug-likeness (QED) is 0.745. The van der Waals surface area contributed by atoms with Gasteiger partial charge in [0.15, 0.2) is 9.84 Å². The number of hydrogen-bond acceptors (Lipinski definition) is 3. The predicted molar refractivity (Wildman–Crippen MR) is 83.3 cm³/mol. The molecule has 0 aromatic heterocycles. The number of hydrogen-bond donors (Lipinski definition) is 0. The maximum atomic E-state index is 11.5. The van der Waals surface area contributed by atoms with Crippen LogP contribution >= 0.6 is 27.5 Å². The molecule has 0 N–H and O–H groups in total. The lowest BCUT2D eigenvalue weighted by atomic mass is 10.2. The Morgan fingerprint density at radius 1 is 1.15 bits per heavy atom. The van der Waals surface area contributed by atoms with E-state index in [0.29, 0.717) is 17.4 Å². The number of ether oxygens (including phenoxy) is 1. The SMILES string of the molecule is CS(=O)(=O)c1cccc(Oc2ccc(CCl)c(Br)c2)c1. The lowest BCUT2D eigenvalue weighted by Crippen LogP contribution is -1.97. The molecule has 106 valence electrons. The van der Waals surface area contributed by atoms with Gasteiger partial charge in [0.2, 0.25) is 0 Å². The van der Waals surface area contributed by atoms with Crippen LogP contribution in [0, 0.1) is 0 Å². The second kappa shape index (κ2) is 6.16. The summed E-state index contributed by atoms with van der Waals surface area (Å²) in [5.41, 5.74) is 0.962. The van der Waals surface area contributed by atoms with Gasteiger partial charge in [-0.1, -0.05) is 28.1 Å². The first-order valence-corrected chi connectivity index (χ1v) is 8.94. The molecule has 2 aromatic rings. The predicted octanol–water partition coefficient (Wildman–Crippen LogP) is 4.38. The summed E-state index contributed by atoms with van der Waals surface area (Å²) in [6.45, 7) is 0. The van der Waals surface area contributed by atoms with Crippen LogP contribution in [0.2, 0.25) is 0 Å². The summed E-state index contributed by atoms with van der Waals surface area (Å²) in [5.74, 6) is 1.49. The Morgan fingerprint density at radius 2 is 1.85 bits per heavy atom. The molecule has 6 heteroatoms. The number of alkyl halides is 1. The molecule has 0 unspecified atom stereocenters. The molecule has 0 fully saturated rings. The van der Waals surface area contributed by atoms with Gasteiger partial charge in [0.05, 0.1) is 4.90 Å². The van der Waals surface area contributed by atoms with E-state index in [2.05, 4.69) is 15.9 Å². The van der Waals surface area contributed by atoms with Crippen LogP contribution in [0.3, 0.4) is 0 Å². The third-order valence-corrected chi connectivity index (χ3v) is 4.77. The first-order chi connectivity index (χ1) is 9.40. The van der Waals surface area contributed by atoms with Crippen LogP contribution in [0.5, 0.6) is 11.5 Å². The van der Waals surface area contributed by atoms with E-state index >= 15 is 0 Å². The lowest BCUT2D eigenvalue weighted by Gasteiger charge is -2.09. The van der Waals surface area contributed by atoms with Crippen LogP contribution in [-0.4, -0.2) is 14.7 Å². The van der Waals surface area contributed by atoms with Crippen molar-refractivity contribution in [1.82, 2.24) is 0 Å². The largest absolute Gasteiger partial charge is 0.457 e. The number of halogens is 2. The molecular weight excluding hydrogens is 364 g/mol. The molecule has 0 saturated carbocycles. The van der Waals surface area contributed by atoms with Gasteiger partial charge in [-0.25, -0.2) is 8.42 Å².